The molecular weight excluding hydrogens is 486 g/mol. The van der Waals surface area contributed by atoms with Crippen LogP contribution in [0.1, 0.15) is 64.0 Å². The molecular formula is C29H43N3O4S. The van der Waals surface area contributed by atoms with Gasteiger partial charge in [0.15, 0.2) is 0 Å². The average Bonchev–Trinajstić information content (AvgIpc) is 2.89. The molecule has 8 heteroatoms. The van der Waals surface area contributed by atoms with Gasteiger partial charge in [-0.05, 0) is 55.4 Å². The van der Waals surface area contributed by atoms with Crippen LogP contribution in [0.15, 0.2) is 54.6 Å². The summed E-state index contributed by atoms with van der Waals surface area (Å²) in [6.07, 6.45) is 5.60. The lowest BCUT2D eigenvalue weighted by Crippen LogP contribution is -2.50. The fourth-order valence-electron chi connectivity index (χ4n) is 4.30. The third-order valence-corrected chi connectivity index (χ3v) is 7.68. The summed E-state index contributed by atoms with van der Waals surface area (Å²) in [6.45, 7) is 7.24. The average molecular weight is 530 g/mol. The summed E-state index contributed by atoms with van der Waals surface area (Å²) in [5.41, 5.74) is 2.82. The molecule has 1 atom stereocenters. The molecule has 0 aliphatic heterocycles. The van der Waals surface area contributed by atoms with Crippen molar-refractivity contribution >= 4 is 27.5 Å². The van der Waals surface area contributed by atoms with E-state index in [2.05, 4.69) is 12.2 Å². The van der Waals surface area contributed by atoms with E-state index in [1.165, 1.54) is 10.6 Å². The molecule has 204 valence electrons. The second-order valence-electron chi connectivity index (χ2n) is 9.35. The summed E-state index contributed by atoms with van der Waals surface area (Å²) >= 11 is 0. The van der Waals surface area contributed by atoms with Gasteiger partial charge in [-0.25, -0.2) is 8.42 Å². The largest absolute Gasteiger partial charge is 0.354 e. The molecule has 2 rings (SSSR count). The Morgan fingerprint density at radius 2 is 1.57 bits per heavy atom. The number of nitrogens with one attached hydrogen (secondary N) is 1. The van der Waals surface area contributed by atoms with Gasteiger partial charge in [0.1, 0.15) is 6.04 Å². The summed E-state index contributed by atoms with van der Waals surface area (Å²) in [4.78, 5) is 28.1. The van der Waals surface area contributed by atoms with Gasteiger partial charge in [-0.1, -0.05) is 69.7 Å². The second kappa shape index (κ2) is 15.4. The van der Waals surface area contributed by atoms with Crippen LogP contribution < -0.4 is 9.62 Å². The maximum absolute atomic E-state index is 13.4. The molecule has 7 nitrogen and oxygen atoms in total. The van der Waals surface area contributed by atoms with Crippen LogP contribution in [0, 0.1) is 0 Å². The summed E-state index contributed by atoms with van der Waals surface area (Å²) in [7, 11) is -3.50. The Morgan fingerprint density at radius 3 is 2.14 bits per heavy atom. The van der Waals surface area contributed by atoms with E-state index in [9.17, 15) is 18.0 Å². The number of carbonyl (C=O) groups excluding carboxylic acids is 2. The second-order valence-corrected chi connectivity index (χ2v) is 11.3. The Labute approximate surface area is 223 Å². The van der Waals surface area contributed by atoms with Crippen molar-refractivity contribution in [1.29, 1.82) is 0 Å². The van der Waals surface area contributed by atoms with E-state index in [4.69, 9.17) is 0 Å². The summed E-state index contributed by atoms with van der Waals surface area (Å²) in [5.74, 6) is -0.269. The van der Waals surface area contributed by atoms with Crippen molar-refractivity contribution in [3.8, 4) is 0 Å². The summed E-state index contributed by atoms with van der Waals surface area (Å²) < 4.78 is 26.4. The van der Waals surface area contributed by atoms with Gasteiger partial charge in [0.2, 0.25) is 21.8 Å². The molecule has 0 fully saturated rings. The van der Waals surface area contributed by atoms with Crippen LogP contribution >= 0.6 is 0 Å². The number of unbranched alkanes of at least 4 members (excludes halogenated alkanes) is 1. The SMILES string of the molecule is CCCCNC(=O)[C@H](CC)N(CCc1ccccc1)C(=O)CCCN(c1ccc(CC)cc1)S(C)(=O)=O. The van der Waals surface area contributed by atoms with Gasteiger partial charge >= 0.3 is 0 Å². The maximum Gasteiger partial charge on any atom is 0.242 e. The highest BCUT2D eigenvalue weighted by atomic mass is 32.2. The Balaban J connectivity index is 2.13. The Morgan fingerprint density at radius 1 is 0.892 bits per heavy atom. The number of carbonyl (C=O) groups is 2. The van der Waals surface area contributed by atoms with Crippen LogP contribution in [0.2, 0.25) is 0 Å². The quantitative estimate of drug-likeness (QED) is 0.323. The molecule has 0 bridgehead atoms. The zero-order valence-corrected chi connectivity index (χ0v) is 23.6. The number of benzene rings is 2. The molecule has 37 heavy (non-hydrogen) atoms. The molecule has 1 N–H and O–H groups in total. The summed E-state index contributed by atoms with van der Waals surface area (Å²) in [6, 6.07) is 16.8. The van der Waals surface area contributed by atoms with Crippen LogP contribution in [0.4, 0.5) is 5.69 Å². The van der Waals surface area contributed by atoms with Crippen molar-refractivity contribution in [3.63, 3.8) is 0 Å². The van der Waals surface area contributed by atoms with E-state index in [-0.39, 0.29) is 24.8 Å². The Bertz CT molecular complexity index is 1070. The highest BCUT2D eigenvalue weighted by Gasteiger charge is 2.28. The minimum Gasteiger partial charge on any atom is -0.354 e. The van der Waals surface area contributed by atoms with E-state index < -0.39 is 16.1 Å². The van der Waals surface area contributed by atoms with Gasteiger partial charge in [-0.2, -0.15) is 0 Å². The number of hydrogen-bond donors (Lipinski definition) is 1. The van der Waals surface area contributed by atoms with Crippen molar-refractivity contribution in [2.75, 3.05) is 30.2 Å². The number of rotatable bonds is 16. The number of sulfonamides is 1. The first-order valence-electron chi connectivity index (χ1n) is 13.4. The number of hydrogen-bond acceptors (Lipinski definition) is 4. The van der Waals surface area contributed by atoms with Crippen LogP contribution in [-0.4, -0.2) is 57.1 Å². The molecule has 0 spiro atoms. The lowest BCUT2D eigenvalue weighted by atomic mass is 10.1. The van der Waals surface area contributed by atoms with Crippen LogP contribution in [0.5, 0.6) is 0 Å². The lowest BCUT2D eigenvalue weighted by molar-refractivity contribution is -0.140. The predicted octanol–water partition coefficient (Wildman–Crippen LogP) is 4.56. The number of anilines is 1. The predicted molar refractivity (Wildman–Crippen MR) is 151 cm³/mol. The first-order chi connectivity index (χ1) is 17.7. The van der Waals surface area contributed by atoms with Crippen LogP contribution in [0.3, 0.4) is 0 Å². The molecule has 2 aromatic rings. The van der Waals surface area contributed by atoms with Gasteiger partial charge in [0, 0.05) is 26.1 Å². The van der Waals surface area contributed by atoms with E-state index in [1.54, 1.807) is 4.90 Å². The van der Waals surface area contributed by atoms with E-state index in [0.29, 0.717) is 38.0 Å². The van der Waals surface area contributed by atoms with Gasteiger partial charge in [0.05, 0.1) is 11.9 Å². The smallest absolute Gasteiger partial charge is 0.242 e. The van der Waals surface area contributed by atoms with Gasteiger partial charge in [0.25, 0.3) is 0 Å². The Hall–Kier alpha value is -2.87. The molecule has 0 aliphatic rings. The molecule has 0 aromatic heterocycles. The highest BCUT2D eigenvalue weighted by molar-refractivity contribution is 7.92. The van der Waals surface area contributed by atoms with Crippen LogP contribution in [0.25, 0.3) is 0 Å². The fraction of sp³-hybridized carbons (Fsp3) is 0.517. The number of amides is 2. The minimum atomic E-state index is -3.50. The van der Waals surface area contributed by atoms with Crippen molar-refractivity contribution in [3.05, 3.63) is 65.7 Å². The number of nitrogens with zero attached hydrogens (tertiary/aromatic N) is 2. The van der Waals surface area contributed by atoms with E-state index >= 15 is 0 Å². The monoisotopic (exact) mass is 529 g/mol. The fourth-order valence-corrected chi connectivity index (χ4v) is 5.27. The van der Waals surface area contributed by atoms with Gasteiger partial charge < -0.3 is 10.2 Å². The normalized spacial score (nSPS) is 12.1. The van der Waals surface area contributed by atoms with E-state index in [1.807, 2.05) is 68.4 Å². The highest BCUT2D eigenvalue weighted by Crippen LogP contribution is 2.20. The zero-order valence-electron chi connectivity index (χ0n) is 22.8. The zero-order chi connectivity index (χ0) is 27.3. The van der Waals surface area contributed by atoms with Crippen molar-refractivity contribution in [2.45, 2.75) is 71.8 Å². The first kappa shape index (κ1) is 30.4. The van der Waals surface area contributed by atoms with Crippen molar-refractivity contribution < 1.29 is 18.0 Å². The molecule has 0 aliphatic carbocycles. The maximum atomic E-state index is 13.4. The molecule has 0 heterocycles. The summed E-state index contributed by atoms with van der Waals surface area (Å²) in [5, 5.41) is 2.97. The van der Waals surface area contributed by atoms with Crippen molar-refractivity contribution in [2.24, 2.45) is 0 Å². The number of aryl methyl sites for hydroxylation is 1. The lowest BCUT2D eigenvalue weighted by Gasteiger charge is -2.31. The topological polar surface area (TPSA) is 86.8 Å². The van der Waals surface area contributed by atoms with Gasteiger partial charge in [-0.3, -0.25) is 13.9 Å². The van der Waals surface area contributed by atoms with Crippen LogP contribution in [-0.2, 0) is 32.5 Å². The molecule has 2 amide bonds. The Kier molecular flexibility index (Phi) is 12.6. The van der Waals surface area contributed by atoms with E-state index in [0.717, 1.165) is 30.4 Å². The third kappa shape index (κ3) is 9.84. The van der Waals surface area contributed by atoms with Crippen molar-refractivity contribution in [1.82, 2.24) is 10.2 Å². The molecule has 0 saturated carbocycles. The molecule has 2 aromatic carbocycles. The standard InChI is InChI=1S/C29H43N3O4S/c1-5-8-21-30-29(34)27(7-3)31(23-20-25-13-10-9-11-14-25)28(33)15-12-22-32(37(4,35)36)26-18-16-24(6-2)17-19-26/h9-11,13-14,16-19,27H,5-8,12,15,20-23H2,1-4H3,(H,30,34)/t27-/m0/s1. The molecule has 0 radical (unpaired) electrons. The minimum absolute atomic E-state index is 0.133. The molecule has 0 unspecified atom stereocenters. The van der Waals surface area contributed by atoms with Gasteiger partial charge in [-0.15, -0.1) is 0 Å². The first-order valence-corrected chi connectivity index (χ1v) is 15.2. The molecule has 0 saturated heterocycles. The third-order valence-electron chi connectivity index (χ3n) is 6.48.